The molecule has 0 aromatic carbocycles. The van der Waals surface area contributed by atoms with E-state index in [1.807, 2.05) is 6.07 Å². The van der Waals surface area contributed by atoms with Crippen LogP contribution in [0, 0.1) is 0 Å². The number of rotatable bonds is 3. The highest BCUT2D eigenvalue weighted by Gasteiger charge is 2.27. The van der Waals surface area contributed by atoms with E-state index in [1.165, 1.54) is 12.6 Å². The molecule has 1 aliphatic rings. The summed E-state index contributed by atoms with van der Waals surface area (Å²) in [5.41, 5.74) is 11.5. The molecule has 1 aliphatic heterocycles. The predicted octanol–water partition coefficient (Wildman–Crippen LogP) is 0.887. The van der Waals surface area contributed by atoms with Gasteiger partial charge in [-0.25, -0.2) is 4.98 Å². The average molecular weight is 248 g/mol. The third-order valence-electron chi connectivity index (χ3n) is 3.60. The summed E-state index contributed by atoms with van der Waals surface area (Å²) in [6.45, 7) is 2.81. The number of primary amides is 1. The quantitative estimate of drug-likeness (QED) is 0.831. The fourth-order valence-corrected chi connectivity index (χ4v) is 2.62. The molecule has 0 aliphatic carbocycles. The van der Waals surface area contributed by atoms with E-state index < -0.39 is 5.91 Å². The second-order valence-electron chi connectivity index (χ2n) is 4.85. The maximum atomic E-state index is 11.0. The molecule has 0 saturated carbocycles. The Bertz CT molecular complexity index is 418. The number of piperidine rings is 1. The molecule has 0 bridgehead atoms. The Hall–Kier alpha value is -1.62. The highest BCUT2D eigenvalue weighted by atomic mass is 16.1. The molecule has 2 heterocycles. The lowest BCUT2D eigenvalue weighted by molar-refractivity contribution is 0.1000. The number of nitrogens with zero attached hydrogens (tertiary/aromatic N) is 2. The number of amides is 1. The van der Waals surface area contributed by atoms with Gasteiger partial charge in [-0.05, 0) is 38.3 Å². The van der Waals surface area contributed by atoms with Crippen molar-refractivity contribution >= 4 is 11.7 Å². The first kappa shape index (κ1) is 12.8. The van der Waals surface area contributed by atoms with Gasteiger partial charge in [-0.2, -0.15) is 0 Å². The Morgan fingerprint density at radius 3 is 2.83 bits per heavy atom. The third-order valence-corrected chi connectivity index (χ3v) is 3.60. The number of hydrogen-bond acceptors (Lipinski definition) is 4. The molecule has 1 aromatic heterocycles. The van der Waals surface area contributed by atoms with E-state index in [0.29, 0.717) is 24.2 Å². The maximum absolute atomic E-state index is 11.0. The van der Waals surface area contributed by atoms with Gasteiger partial charge < -0.3 is 16.4 Å². The minimum Gasteiger partial charge on any atom is -0.366 e. The number of anilines is 1. The van der Waals surface area contributed by atoms with Crippen molar-refractivity contribution in [1.82, 2.24) is 4.98 Å². The summed E-state index contributed by atoms with van der Waals surface area (Å²) >= 11 is 0. The molecule has 5 heteroatoms. The lowest BCUT2D eigenvalue weighted by atomic mass is 9.96. The predicted molar refractivity (Wildman–Crippen MR) is 71.4 cm³/mol. The summed E-state index contributed by atoms with van der Waals surface area (Å²) in [7, 11) is 0. The molecule has 0 spiro atoms. The third kappa shape index (κ3) is 2.46. The number of aromatic nitrogens is 1. The number of carbonyl (C=O) groups excluding carboxylic acids is 1. The van der Waals surface area contributed by atoms with Crippen molar-refractivity contribution in [3.05, 3.63) is 23.9 Å². The topological polar surface area (TPSA) is 85.2 Å². The van der Waals surface area contributed by atoms with Crippen LogP contribution in [0.1, 0.15) is 36.5 Å². The zero-order chi connectivity index (χ0) is 13.1. The van der Waals surface area contributed by atoms with Crippen LogP contribution in [0.25, 0.3) is 0 Å². The van der Waals surface area contributed by atoms with Crippen molar-refractivity contribution in [2.45, 2.75) is 38.3 Å². The molecular weight excluding hydrogens is 228 g/mol. The van der Waals surface area contributed by atoms with Crippen molar-refractivity contribution in [3.63, 3.8) is 0 Å². The second-order valence-corrected chi connectivity index (χ2v) is 4.85. The van der Waals surface area contributed by atoms with Crippen molar-refractivity contribution in [1.29, 1.82) is 0 Å². The van der Waals surface area contributed by atoms with Crippen LogP contribution in [-0.2, 0) is 0 Å². The molecule has 1 amide bonds. The minimum absolute atomic E-state index is 0.334. The molecule has 2 unspecified atom stereocenters. The molecule has 1 saturated heterocycles. The van der Waals surface area contributed by atoms with Crippen molar-refractivity contribution in [2.24, 2.45) is 11.5 Å². The maximum Gasteiger partial charge on any atom is 0.250 e. The van der Waals surface area contributed by atoms with Gasteiger partial charge in [0.1, 0.15) is 5.82 Å². The summed E-state index contributed by atoms with van der Waals surface area (Å²) in [6, 6.07) is 4.34. The van der Waals surface area contributed by atoms with Crippen LogP contribution in [0.3, 0.4) is 0 Å². The molecule has 4 N–H and O–H groups in total. The molecule has 18 heavy (non-hydrogen) atoms. The Morgan fingerprint density at radius 2 is 2.28 bits per heavy atom. The standard InChI is InChI=1S/C13H20N4O/c1-9-3-2-4-11(7-14)17(9)12-6-5-10(8-16-12)13(15)18/h5-6,8-9,11H,2-4,7,14H2,1H3,(H2,15,18). The first-order valence-electron chi connectivity index (χ1n) is 6.37. The van der Waals surface area contributed by atoms with Crippen LogP contribution in [0.2, 0.25) is 0 Å². The zero-order valence-electron chi connectivity index (χ0n) is 10.7. The summed E-state index contributed by atoms with van der Waals surface area (Å²) in [4.78, 5) is 17.6. The van der Waals surface area contributed by atoms with Gasteiger partial charge in [0, 0.05) is 24.8 Å². The molecule has 1 aromatic rings. The molecule has 98 valence electrons. The number of carbonyl (C=O) groups is 1. The average Bonchev–Trinajstić information content (AvgIpc) is 2.38. The lowest BCUT2D eigenvalue weighted by Gasteiger charge is -2.41. The Balaban J connectivity index is 2.24. The van der Waals surface area contributed by atoms with Crippen molar-refractivity contribution in [3.8, 4) is 0 Å². The van der Waals surface area contributed by atoms with Gasteiger partial charge in [-0.3, -0.25) is 4.79 Å². The van der Waals surface area contributed by atoms with E-state index in [4.69, 9.17) is 11.5 Å². The van der Waals surface area contributed by atoms with Crippen LogP contribution < -0.4 is 16.4 Å². The first-order valence-corrected chi connectivity index (χ1v) is 6.37. The van der Waals surface area contributed by atoms with Gasteiger partial charge in [-0.15, -0.1) is 0 Å². The number of nitrogens with two attached hydrogens (primary N) is 2. The highest BCUT2D eigenvalue weighted by molar-refractivity contribution is 5.92. The summed E-state index contributed by atoms with van der Waals surface area (Å²) < 4.78 is 0. The van der Waals surface area contributed by atoms with Gasteiger partial charge in [0.2, 0.25) is 5.91 Å². The molecule has 2 rings (SSSR count). The van der Waals surface area contributed by atoms with E-state index in [0.717, 1.165) is 18.7 Å². The normalized spacial score (nSPS) is 24.0. The summed E-state index contributed by atoms with van der Waals surface area (Å²) in [5, 5.41) is 0. The highest BCUT2D eigenvalue weighted by Crippen LogP contribution is 2.27. The van der Waals surface area contributed by atoms with E-state index in [-0.39, 0.29) is 0 Å². The molecule has 2 atom stereocenters. The van der Waals surface area contributed by atoms with Crippen LogP contribution in [0.5, 0.6) is 0 Å². The number of hydrogen-bond donors (Lipinski definition) is 2. The van der Waals surface area contributed by atoms with E-state index in [1.54, 1.807) is 6.07 Å². The zero-order valence-corrected chi connectivity index (χ0v) is 10.7. The SMILES string of the molecule is CC1CCCC(CN)N1c1ccc(C(N)=O)cn1. The van der Waals surface area contributed by atoms with Crippen LogP contribution in [-0.4, -0.2) is 29.5 Å². The molecular formula is C13H20N4O. The van der Waals surface area contributed by atoms with E-state index in [2.05, 4.69) is 16.8 Å². The Labute approximate surface area is 107 Å². The molecule has 1 fully saturated rings. The van der Waals surface area contributed by atoms with Crippen LogP contribution in [0.15, 0.2) is 18.3 Å². The monoisotopic (exact) mass is 248 g/mol. The van der Waals surface area contributed by atoms with Crippen molar-refractivity contribution in [2.75, 3.05) is 11.4 Å². The number of pyridine rings is 1. The van der Waals surface area contributed by atoms with Gasteiger partial charge in [-0.1, -0.05) is 0 Å². The van der Waals surface area contributed by atoms with Crippen LogP contribution in [0.4, 0.5) is 5.82 Å². The Kier molecular flexibility index (Phi) is 3.81. The second kappa shape index (κ2) is 5.35. The summed E-state index contributed by atoms with van der Waals surface area (Å²) in [5.74, 6) is 0.429. The molecule has 5 nitrogen and oxygen atoms in total. The van der Waals surface area contributed by atoms with Gasteiger partial charge >= 0.3 is 0 Å². The summed E-state index contributed by atoms with van der Waals surface area (Å²) in [6.07, 6.45) is 4.99. The lowest BCUT2D eigenvalue weighted by Crippen LogP contribution is -2.49. The van der Waals surface area contributed by atoms with Crippen molar-refractivity contribution < 1.29 is 4.79 Å². The fourth-order valence-electron chi connectivity index (χ4n) is 2.62. The van der Waals surface area contributed by atoms with Gasteiger partial charge in [0.05, 0.1) is 5.56 Å². The van der Waals surface area contributed by atoms with Gasteiger partial charge in [0.15, 0.2) is 0 Å². The Morgan fingerprint density at radius 1 is 1.50 bits per heavy atom. The van der Waals surface area contributed by atoms with E-state index >= 15 is 0 Å². The first-order chi connectivity index (χ1) is 8.63. The largest absolute Gasteiger partial charge is 0.366 e. The van der Waals surface area contributed by atoms with Crippen LogP contribution >= 0.6 is 0 Å². The minimum atomic E-state index is -0.448. The fraction of sp³-hybridized carbons (Fsp3) is 0.538. The molecule has 0 radical (unpaired) electrons. The van der Waals surface area contributed by atoms with E-state index in [9.17, 15) is 4.79 Å². The van der Waals surface area contributed by atoms with Gasteiger partial charge in [0.25, 0.3) is 0 Å². The smallest absolute Gasteiger partial charge is 0.250 e.